The molecule has 1 aliphatic heterocycles. The van der Waals surface area contributed by atoms with Crippen molar-refractivity contribution in [2.24, 2.45) is 0 Å². The maximum absolute atomic E-state index is 14.7. The second-order valence-corrected chi connectivity index (χ2v) is 9.33. The van der Waals surface area contributed by atoms with Crippen molar-refractivity contribution in [3.05, 3.63) is 70.9 Å². The van der Waals surface area contributed by atoms with Crippen LogP contribution in [0.4, 0.5) is 16.0 Å². The van der Waals surface area contributed by atoms with E-state index in [0.717, 1.165) is 37.2 Å². The lowest BCUT2D eigenvalue weighted by atomic mass is 9.99. The van der Waals surface area contributed by atoms with Crippen LogP contribution in [0.3, 0.4) is 0 Å². The second-order valence-electron chi connectivity index (χ2n) is 9.33. The Morgan fingerprint density at radius 2 is 1.94 bits per heavy atom. The topological polar surface area (TPSA) is 79.1 Å². The third kappa shape index (κ3) is 3.46. The molecule has 6 rings (SSSR count). The van der Waals surface area contributed by atoms with Crippen LogP contribution in [0.5, 0.6) is 0 Å². The summed E-state index contributed by atoms with van der Waals surface area (Å²) in [7, 11) is 2.12. The van der Waals surface area contributed by atoms with Crippen molar-refractivity contribution in [3.63, 3.8) is 0 Å². The highest BCUT2D eigenvalue weighted by molar-refractivity contribution is 5.79. The van der Waals surface area contributed by atoms with Gasteiger partial charge in [0.1, 0.15) is 11.4 Å². The zero-order valence-corrected chi connectivity index (χ0v) is 18.6. The molecule has 1 aliphatic carbocycles. The van der Waals surface area contributed by atoms with E-state index in [9.17, 15) is 9.50 Å². The Hall–Kier alpha value is -3.36. The molecule has 1 aromatic carbocycles. The van der Waals surface area contributed by atoms with Crippen LogP contribution in [0.2, 0.25) is 0 Å². The third-order valence-electron chi connectivity index (χ3n) is 6.76. The smallest absolute Gasteiger partial charge is 0.229 e. The van der Waals surface area contributed by atoms with E-state index in [2.05, 4.69) is 44.3 Å². The molecule has 8 heteroatoms. The second kappa shape index (κ2) is 7.33. The van der Waals surface area contributed by atoms with Gasteiger partial charge in [0.2, 0.25) is 5.95 Å². The molecule has 0 radical (unpaired) electrons. The van der Waals surface area contributed by atoms with Crippen molar-refractivity contribution in [1.29, 1.82) is 0 Å². The van der Waals surface area contributed by atoms with Crippen LogP contribution in [0, 0.1) is 5.82 Å². The van der Waals surface area contributed by atoms with Gasteiger partial charge >= 0.3 is 0 Å². The quantitative estimate of drug-likeness (QED) is 0.500. The lowest BCUT2D eigenvalue weighted by molar-refractivity contribution is 0.0553. The van der Waals surface area contributed by atoms with Crippen LogP contribution in [0.25, 0.3) is 16.9 Å². The number of rotatable bonds is 3. The van der Waals surface area contributed by atoms with Gasteiger partial charge < -0.3 is 15.3 Å². The van der Waals surface area contributed by atoms with E-state index in [1.165, 1.54) is 23.5 Å². The summed E-state index contributed by atoms with van der Waals surface area (Å²) in [6.45, 7) is 3.74. The average molecular weight is 445 g/mol. The summed E-state index contributed by atoms with van der Waals surface area (Å²) in [5.41, 5.74) is 4.67. The van der Waals surface area contributed by atoms with Crippen molar-refractivity contribution in [2.75, 3.05) is 18.9 Å². The van der Waals surface area contributed by atoms with E-state index < -0.39 is 11.4 Å². The third-order valence-corrected chi connectivity index (χ3v) is 6.76. The molecule has 0 saturated carbocycles. The maximum atomic E-state index is 14.7. The van der Waals surface area contributed by atoms with Crippen molar-refractivity contribution in [1.82, 2.24) is 24.4 Å². The molecule has 168 valence electrons. The number of halogens is 1. The van der Waals surface area contributed by atoms with Gasteiger partial charge in [-0.2, -0.15) is 4.98 Å². The number of fused-ring (bicyclic) bond motifs is 3. The molecule has 33 heavy (non-hydrogen) atoms. The zero-order valence-electron chi connectivity index (χ0n) is 18.6. The fourth-order valence-corrected chi connectivity index (χ4v) is 4.89. The molecule has 4 heterocycles. The van der Waals surface area contributed by atoms with Gasteiger partial charge in [0.05, 0.1) is 11.1 Å². The van der Waals surface area contributed by atoms with Gasteiger partial charge in [-0.15, -0.1) is 0 Å². The standard InChI is InChI=1S/C25H25FN6O/c1-25(33)9-7-16-4-6-21(29-22(16)25)32-14-20(26)19-12-27-24(30-23(19)32)28-18-5-3-15-8-10-31(2)13-17(15)11-18/h3-6,11-12,14,33H,7-10,13H2,1-2H3,(H,27,28,30)/t25-/m0/s1. The number of hydrogen-bond acceptors (Lipinski definition) is 6. The van der Waals surface area contributed by atoms with Gasteiger partial charge in [-0.3, -0.25) is 4.57 Å². The van der Waals surface area contributed by atoms with Gasteiger partial charge in [-0.1, -0.05) is 12.1 Å². The van der Waals surface area contributed by atoms with Crippen LogP contribution >= 0.6 is 0 Å². The van der Waals surface area contributed by atoms with Gasteiger partial charge in [0, 0.05) is 31.2 Å². The Bertz CT molecular complexity index is 1400. The van der Waals surface area contributed by atoms with Crippen LogP contribution < -0.4 is 5.32 Å². The normalized spacial score (nSPS) is 20.1. The SMILES string of the molecule is CN1CCc2ccc(Nc3ncc4c(F)cn(-c5ccc6c(n5)[C@@](C)(O)CC6)c4n3)cc2C1. The first-order chi connectivity index (χ1) is 15.9. The largest absolute Gasteiger partial charge is 0.384 e. The minimum Gasteiger partial charge on any atom is -0.384 e. The number of aryl methyl sites for hydroxylation is 1. The number of nitrogens with one attached hydrogen (secondary N) is 1. The zero-order chi connectivity index (χ0) is 22.7. The van der Waals surface area contributed by atoms with Crippen LogP contribution in [-0.2, 0) is 25.0 Å². The summed E-state index contributed by atoms with van der Waals surface area (Å²) >= 11 is 0. The number of benzene rings is 1. The molecule has 3 aromatic heterocycles. The summed E-state index contributed by atoms with van der Waals surface area (Å²) in [6.07, 6.45) is 5.32. The number of aliphatic hydroxyl groups is 1. The molecule has 0 amide bonds. The van der Waals surface area contributed by atoms with E-state index in [0.29, 0.717) is 34.9 Å². The van der Waals surface area contributed by atoms with Crippen molar-refractivity contribution in [3.8, 4) is 5.82 Å². The molecular weight excluding hydrogens is 419 g/mol. The molecule has 4 aromatic rings. The monoisotopic (exact) mass is 444 g/mol. The number of anilines is 2. The summed E-state index contributed by atoms with van der Waals surface area (Å²) in [5, 5.41) is 14.2. The van der Waals surface area contributed by atoms with Gasteiger partial charge in [0.25, 0.3) is 0 Å². The molecule has 0 spiro atoms. The van der Waals surface area contributed by atoms with Crippen LogP contribution in [0.15, 0.2) is 42.7 Å². The lowest BCUT2D eigenvalue weighted by Gasteiger charge is -2.25. The van der Waals surface area contributed by atoms with E-state index in [-0.39, 0.29) is 0 Å². The van der Waals surface area contributed by atoms with E-state index in [4.69, 9.17) is 0 Å². The van der Waals surface area contributed by atoms with Gasteiger partial charge in [-0.25, -0.2) is 14.4 Å². The summed E-state index contributed by atoms with van der Waals surface area (Å²) in [4.78, 5) is 15.9. The molecule has 7 nitrogen and oxygen atoms in total. The van der Waals surface area contributed by atoms with Gasteiger partial charge in [-0.05, 0) is 68.1 Å². The Morgan fingerprint density at radius 1 is 1.09 bits per heavy atom. The van der Waals surface area contributed by atoms with Crippen LogP contribution in [0.1, 0.15) is 35.7 Å². The molecule has 2 aliphatic rings. The highest BCUT2D eigenvalue weighted by Crippen LogP contribution is 2.36. The first-order valence-corrected chi connectivity index (χ1v) is 11.2. The summed E-state index contributed by atoms with van der Waals surface area (Å²) in [5.74, 6) is 0.493. The average Bonchev–Trinajstić information content (AvgIpc) is 3.29. The molecule has 0 saturated heterocycles. The minimum atomic E-state index is -0.977. The number of pyridine rings is 1. The maximum Gasteiger partial charge on any atom is 0.229 e. The number of hydrogen-bond donors (Lipinski definition) is 2. The minimum absolute atomic E-state index is 0.321. The fourth-order valence-electron chi connectivity index (χ4n) is 4.89. The van der Waals surface area contributed by atoms with Gasteiger partial charge in [0.15, 0.2) is 11.5 Å². The number of aromatic nitrogens is 4. The Kier molecular flexibility index (Phi) is 4.50. The first kappa shape index (κ1) is 20.3. The Morgan fingerprint density at radius 3 is 2.82 bits per heavy atom. The number of nitrogens with zero attached hydrogens (tertiary/aromatic N) is 5. The molecular formula is C25H25FN6O. The first-order valence-electron chi connectivity index (χ1n) is 11.2. The fraction of sp³-hybridized carbons (Fsp3) is 0.320. The van der Waals surface area contributed by atoms with Crippen molar-refractivity contribution >= 4 is 22.7 Å². The Balaban J connectivity index is 1.38. The van der Waals surface area contributed by atoms with E-state index >= 15 is 0 Å². The van der Waals surface area contributed by atoms with E-state index in [1.807, 2.05) is 18.2 Å². The predicted molar refractivity (Wildman–Crippen MR) is 124 cm³/mol. The molecule has 1 atom stereocenters. The number of likely N-dealkylation sites (N-methyl/N-ethyl adjacent to an activating group) is 1. The highest BCUT2D eigenvalue weighted by atomic mass is 19.1. The summed E-state index contributed by atoms with van der Waals surface area (Å²) in [6, 6.07) is 10.1. The summed E-state index contributed by atoms with van der Waals surface area (Å²) < 4.78 is 16.3. The van der Waals surface area contributed by atoms with E-state index in [1.54, 1.807) is 11.5 Å². The molecule has 0 fully saturated rings. The van der Waals surface area contributed by atoms with Crippen molar-refractivity contribution < 1.29 is 9.50 Å². The molecule has 0 bridgehead atoms. The highest BCUT2D eigenvalue weighted by Gasteiger charge is 2.34. The molecule has 2 N–H and O–H groups in total. The lowest BCUT2D eigenvalue weighted by Crippen LogP contribution is -2.26. The van der Waals surface area contributed by atoms with Crippen molar-refractivity contribution in [2.45, 2.75) is 38.3 Å². The van der Waals surface area contributed by atoms with Crippen LogP contribution in [-0.4, -0.2) is 43.1 Å². The molecule has 0 unspecified atom stereocenters. The Labute approximate surface area is 190 Å². The predicted octanol–water partition coefficient (Wildman–Crippen LogP) is 3.84.